The fourth-order valence-corrected chi connectivity index (χ4v) is 6.01. The van der Waals surface area contributed by atoms with E-state index in [4.69, 9.17) is 0 Å². The summed E-state index contributed by atoms with van der Waals surface area (Å²) in [4.78, 5) is 35.2. The van der Waals surface area contributed by atoms with Crippen molar-refractivity contribution in [1.29, 1.82) is 0 Å². The van der Waals surface area contributed by atoms with Crippen LogP contribution in [-0.2, 0) is 20.7 Å². The van der Waals surface area contributed by atoms with E-state index >= 15 is 0 Å². The third-order valence-corrected chi connectivity index (χ3v) is 8.60. The Balaban J connectivity index is 0.000000175. The van der Waals surface area contributed by atoms with Crippen molar-refractivity contribution in [3.8, 4) is 0 Å². The smallest absolute Gasteiger partial charge is 0.279 e. The summed E-state index contributed by atoms with van der Waals surface area (Å²) >= 11 is 2.91. The molecule has 2 N–H and O–H groups in total. The molecule has 0 unspecified atom stereocenters. The van der Waals surface area contributed by atoms with Crippen LogP contribution in [0.1, 0.15) is 25.0 Å². The first-order valence-electron chi connectivity index (χ1n) is 14.0. The van der Waals surface area contributed by atoms with Crippen LogP contribution < -0.4 is 10.9 Å². The van der Waals surface area contributed by atoms with E-state index in [2.05, 4.69) is 20.8 Å². The highest BCUT2D eigenvalue weighted by molar-refractivity contribution is 8.13. The van der Waals surface area contributed by atoms with Gasteiger partial charge in [0, 0.05) is 0 Å². The molecule has 44 heavy (non-hydrogen) atoms. The van der Waals surface area contributed by atoms with Crippen molar-refractivity contribution in [3.63, 3.8) is 0 Å². The van der Waals surface area contributed by atoms with E-state index in [9.17, 15) is 9.59 Å². The van der Waals surface area contributed by atoms with Crippen LogP contribution in [0.3, 0.4) is 0 Å². The number of carbonyl (C=O) groups is 2. The normalized spacial score (nSPS) is 20.9. The van der Waals surface area contributed by atoms with E-state index in [-0.39, 0.29) is 11.8 Å². The Labute approximate surface area is 266 Å². The predicted molar refractivity (Wildman–Crippen MR) is 183 cm³/mol. The van der Waals surface area contributed by atoms with Gasteiger partial charge >= 0.3 is 0 Å². The standard InChI is InChI=1S/2C17H17N3OS/c2*1-17(13-9-5-3-6-10-13)15(21)20(16(18-17)22-2)19-14-11-7-4-8-12-14/h2*3-12,19H,1-2H3/t2*17-/m00/s1. The maximum absolute atomic E-state index is 12.9. The maximum atomic E-state index is 12.9. The summed E-state index contributed by atoms with van der Waals surface area (Å²) in [6.45, 7) is 3.71. The van der Waals surface area contributed by atoms with Gasteiger partial charge in [0.25, 0.3) is 11.8 Å². The number of aliphatic imine (C=N–C) groups is 2. The van der Waals surface area contributed by atoms with E-state index in [0.717, 1.165) is 22.5 Å². The Kier molecular flexibility index (Phi) is 9.41. The molecule has 10 heteroatoms. The summed E-state index contributed by atoms with van der Waals surface area (Å²) in [5.74, 6) is -0.154. The summed E-state index contributed by atoms with van der Waals surface area (Å²) in [6.07, 6.45) is 3.84. The minimum absolute atomic E-state index is 0.0769. The van der Waals surface area contributed by atoms with Crippen molar-refractivity contribution < 1.29 is 9.59 Å². The molecule has 0 aromatic heterocycles. The van der Waals surface area contributed by atoms with Crippen LogP contribution in [-0.4, -0.2) is 44.7 Å². The maximum Gasteiger partial charge on any atom is 0.279 e. The molecule has 0 saturated carbocycles. The van der Waals surface area contributed by atoms with Crippen LogP contribution in [0.15, 0.2) is 131 Å². The number of hydrogen-bond acceptors (Lipinski definition) is 8. The van der Waals surface area contributed by atoms with Gasteiger partial charge in [-0.25, -0.2) is 9.98 Å². The molecule has 2 heterocycles. The topological polar surface area (TPSA) is 89.4 Å². The molecular weight excluding hydrogens is 589 g/mol. The number of rotatable bonds is 6. The zero-order valence-corrected chi connectivity index (χ0v) is 26.6. The molecule has 0 fully saturated rings. The largest absolute Gasteiger partial charge is 0.289 e. The lowest BCUT2D eigenvalue weighted by Gasteiger charge is -2.23. The second-order valence-electron chi connectivity index (χ2n) is 10.3. The first-order chi connectivity index (χ1) is 21.3. The number of hydrazine groups is 2. The van der Waals surface area contributed by atoms with Crippen molar-refractivity contribution in [2.24, 2.45) is 9.98 Å². The Morgan fingerprint density at radius 2 is 0.818 bits per heavy atom. The van der Waals surface area contributed by atoms with Crippen LogP contribution in [0.2, 0.25) is 0 Å². The number of nitrogens with zero attached hydrogens (tertiary/aromatic N) is 4. The summed E-state index contributed by atoms with van der Waals surface area (Å²) in [5.41, 5.74) is 8.02. The number of carbonyl (C=O) groups excluding carboxylic acids is 2. The monoisotopic (exact) mass is 622 g/mol. The van der Waals surface area contributed by atoms with Crippen LogP contribution in [0.5, 0.6) is 0 Å². The number of anilines is 2. The highest BCUT2D eigenvalue weighted by atomic mass is 32.2. The van der Waals surface area contributed by atoms with Crippen molar-refractivity contribution >= 4 is 57.0 Å². The van der Waals surface area contributed by atoms with Crippen molar-refractivity contribution in [2.75, 3.05) is 23.4 Å². The Morgan fingerprint density at radius 1 is 0.523 bits per heavy atom. The highest BCUT2D eigenvalue weighted by Gasteiger charge is 2.47. The molecule has 0 aliphatic carbocycles. The Bertz CT molecular complexity index is 1530. The lowest BCUT2D eigenvalue weighted by atomic mass is 9.92. The van der Waals surface area contributed by atoms with E-state index < -0.39 is 11.1 Å². The van der Waals surface area contributed by atoms with Gasteiger partial charge in [-0.15, -0.1) is 0 Å². The van der Waals surface area contributed by atoms with Crippen molar-refractivity contribution in [3.05, 3.63) is 132 Å². The predicted octanol–water partition coefficient (Wildman–Crippen LogP) is 6.98. The number of amides is 2. The molecule has 0 radical (unpaired) electrons. The summed E-state index contributed by atoms with van der Waals surface area (Å²) < 4.78 is 0. The summed E-state index contributed by atoms with van der Waals surface area (Å²) in [5, 5.41) is 4.40. The van der Waals surface area contributed by atoms with Crippen LogP contribution in [0.4, 0.5) is 11.4 Å². The van der Waals surface area contributed by atoms with E-state index in [1.54, 1.807) is 0 Å². The van der Waals surface area contributed by atoms with E-state index in [1.165, 1.54) is 33.5 Å². The number of amidine groups is 2. The van der Waals surface area contributed by atoms with Crippen molar-refractivity contribution in [1.82, 2.24) is 10.0 Å². The first-order valence-corrected chi connectivity index (χ1v) is 16.5. The van der Waals surface area contributed by atoms with Crippen molar-refractivity contribution in [2.45, 2.75) is 24.9 Å². The van der Waals surface area contributed by atoms with Gasteiger partial charge in [0.05, 0.1) is 11.4 Å². The third kappa shape index (κ3) is 6.22. The molecular formula is C34H34N6O2S2. The van der Waals surface area contributed by atoms with Crippen LogP contribution in [0, 0.1) is 0 Å². The summed E-state index contributed by atoms with van der Waals surface area (Å²) in [6, 6.07) is 38.6. The minimum Gasteiger partial charge on any atom is -0.289 e. The highest BCUT2D eigenvalue weighted by Crippen LogP contribution is 2.36. The number of benzene rings is 4. The molecule has 2 atom stereocenters. The molecule has 6 rings (SSSR count). The zero-order valence-electron chi connectivity index (χ0n) is 25.0. The van der Waals surface area contributed by atoms with E-state index in [1.807, 2.05) is 148 Å². The average Bonchev–Trinajstić information content (AvgIpc) is 3.48. The van der Waals surface area contributed by atoms with Gasteiger partial charge in [0.15, 0.2) is 21.4 Å². The molecule has 2 amide bonds. The molecule has 2 aliphatic heterocycles. The molecule has 224 valence electrons. The number of hydrogen-bond donors (Lipinski definition) is 2. The lowest BCUT2D eigenvalue weighted by Crippen LogP contribution is -2.42. The number of para-hydroxylation sites is 2. The van der Waals surface area contributed by atoms with Crippen LogP contribution in [0.25, 0.3) is 0 Å². The molecule has 8 nitrogen and oxygen atoms in total. The quantitative estimate of drug-likeness (QED) is 0.241. The van der Waals surface area contributed by atoms with Gasteiger partial charge in [-0.1, -0.05) is 121 Å². The first kappa shape index (κ1) is 30.9. The molecule has 0 saturated heterocycles. The number of thioether (sulfide) groups is 2. The van der Waals surface area contributed by atoms with Gasteiger partial charge in [-0.3, -0.25) is 20.4 Å². The second-order valence-corrected chi connectivity index (χ2v) is 11.9. The van der Waals surface area contributed by atoms with Gasteiger partial charge in [-0.05, 0) is 61.8 Å². The molecule has 2 aliphatic rings. The van der Waals surface area contributed by atoms with Gasteiger partial charge in [0.1, 0.15) is 0 Å². The van der Waals surface area contributed by atoms with Gasteiger partial charge in [-0.2, -0.15) is 10.0 Å². The molecule has 0 bridgehead atoms. The average molecular weight is 623 g/mol. The number of nitrogens with one attached hydrogen (secondary N) is 2. The lowest BCUT2D eigenvalue weighted by molar-refractivity contribution is -0.130. The fourth-order valence-electron chi connectivity index (χ4n) is 4.84. The SMILES string of the molecule is CSC1=N[C@@](C)(c2ccccc2)C(=O)N1Nc1ccccc1.CSC1=N[C@@](C)(c2ccccc2)C(=O)N1Nc1ccccc1. The third-order valence-electron chi connectivity index (χ3n) is 7.33. The molecule has 4 aromatic rings. The Hall–Kier alpha value is -4.54. The van der Waals surface area contributed by atoms with Gasteiger partial charge < -0.3 is 0 Å². The zero-order chi connectivity index (χ0) is 31.2. The molecule has 0 spiro atoms. The minimum atomic E-state index is -0.888. The van der Waals surface area contributed by atoms with Crippen LogP contribution >= 0.6 is 23.5 Å². The summed E-state index contributed by atoms with van der Waals surface area (Å²) in [7, 11) is 0. The second kappa shape index (κ2) is 13.4. The fraction of sp³-hybridized carbons (Fsp3) is 0.176. The molecule has 4 aromatic carbocycles. The van der Waals surface area contributed by atoms with Gasteiger partial charge in [0.2, 0.25) is 0 Å². The Morgan fingerprint density at radius 3 is 1.11 bits per heavy atom. The van der Waals surface area contributed by atoms with E-state index in [0.29, 0.717) is 10.3 Å².